The molecule has 1 atom stereocenters. The van der Waals surface area contributed by atoms with Crippen molar-refractivity contribution in [3.8, 4) is 5.75 Å². The maximum Gasteiger partial charge on any atom is 0.222 e. The number of nitrogens with one attached hydrogen (secondary N) is 1. The molecule has 2 heterocycles. The van der Waals surface area contributed by atoms with E-state index < -0.39 is 0 Å². The van der Waals surface area contributed by atoms with Crippen LogP contribution in [0.2, 0.25) is 0 Å². The number of aryl methyl sites for hydroxylation is 1. The van der Waals surface area contributed by atoms with Gasteiger partial charge in [0.2, 0.25) is 11.8 Å². The van der Waals surface area contributed by atoms with E-state index in [-0.39, 0.29) is 17.4 Å². The van der Waals surface area contributed by atoms with E-state index >= 15 is 0 Å². The van der Waals surface area contributed by atoms with E-state index in [2.05, 4.69) is 5.32 Å². The Kier molecular flexibility index (Phi) is 7.53. The number of piperidine rings is 1. The number of hydrogen-bond acceptors (Lipinski definition) is 4. The SMILES string of the molecule is COc1ccc(CCC(=O)N2CCC3(CC2)CC(CCNC(C)=O)CCO3)cc1. The van der Waals surface area contributed by atoms with Gasteiger partial charge in [-0.15, -0.1) is 0 Å². The normalized spacial score (nSPS) is 21.0. The van der Waals surface area contributed by atoms with Crippen LogP contribution in [-0.4, -0.2) is 55.7 Å². The summed E-state index contributed by atoms with van der Waals surface area (Å²) in [6.45, 7) is 4.65. The molecule has 1 aromatic rings. The quantitative estimate of drug-likeness (QED) is 0.761. The van der Waals surface area contributed by atoms with Gasteiger partial charge in [-0.2, -0.15) is 0 Å². The third-order valence-corrected chi connectivity index (χ3v) is 6.34. The van der Waals surface area contributed by atoms with E-state index in [9.17, 15) is 9.59 Å². The highest BCUT2D eigenvalue weighted by Gasteiger charge is 2.40. The molecule has 2 fully saturated rings. The number of benzene rings is 1. The van der Waals surface area contributed by atoms with E-state index in [1.165, 1.54) is 0 Å². The van der Waals surface area contributed by atoms with Crippen molar-refractivity contribution in [2.24, 2.45) is 5.92 Å². The first-order valence-electron chi connectivity index (χ1n) is 10.8. The van der Waals surface area contributed by atoms with E-state index in [0.717, 1.165) is 76.1 Å². The topological polar surface area (TPSA) is 67.9 Å². The van der Waals surface area contributed by atoms with E-state index in [0.29, 0.717) is 12.3 Å². The second-order valence-electron chi connectivity index (χ2n) is 8.39. The first kappa shape index (κ1) is 21.6. The molecule has 2 saturated heterocycles. The van der Waals surface area contributed by atoms with E-state index in [1.807, 2.05) is 29.2 Å². The molecule has 0 bridgehead atoms. The summed E-state index contributed by atoms with van der Waals surface area (Å²) in [5.41, 5.74) is 1.08. The Labute approximate surface area is 173 Å². The summed E-state index contributed by atoms with van der Waals surface area (Å²) in [7, 11) is 1.66. The molecule has 2 aliphatic heterocycles. The fourth-order valence-corrected chi connectivity index (χ4v) is 4.54. The van der Waals surface area contributed by atoms with Crippen molar-refractivity contribution in [2.75, 3.05) is 33.4 Å². The highest BCUT2D eigenvalue weighted by molar-refractivity contribution is 5.76. The minimum absolute atomic E-state index is 0.0354. The van der Waals surface area contributed by atoms with Gasteiger partial charge < -0.3 is 19.7 Å². The van der Waals surface area contributed by atoms with Gasteiger partial charge in [-0.25, -0.2) is 0 Å². The molecule has 1 N–H and O–H groups in total. The van der Waals surface area contributed by atoms with E-state index in [1.54, 1.807) is 14.0 Å². The molecule has 6 heteroatoms. The van der Waals surface area contributed by atoms with Crippen LogP contribution < -0.4 is 10.1 Å². The molecule has 6 nitrogen and oxygen atoms in total. The largest absolute Gasteiger partial charge is 0.497 e. The molecule has 160 valence electrons. The second-order valence-corrected chi connectivity index (χ2v) is 8.39. The maximum absolute atomic E-state index is 12.7. The van der Waals surface area contributed by atoms with Crippen LogP contribution in [-0.2, 0) is 20.7 Å². The Morgan fingerprint density at radius 1 is 1.24 bits per heavy atom. The zero-order chi connectivity index (χ0) is 20.7. The molecule has 1 spiro atoms. The van der Waals surface area contributed by atoms with E-state index in [4.69, 9.17) is 9.47 Å². The summed E-state index contributed by atoms with van der Waals surface area (Å²) in [6, 6.07) is 7.92. The second kappa shape index (κ2) is 10.1. The molecule has 29 heavy (non-hydrogen) atoms. The molecule has 1 unspecified atom stereocenters. The van der Waals surface area contributed by atoms with Gasteiger partial charge in [0.15, 0.2) is 0 Å². The van der Waals surface area contributed by atoms with Crippen LogP contribution in [0.5, 0.6) is 5.75 Å². The lowest BCUT2D eigenvalue weighted by Crippen LogP contribution is -2.51. The number of hydrogen-bond donors (Lipinski definition) is 1. The third kappa shape index (κ3) is 6.20. The third-order valence-electron chi connectivity index (χ3n) is 6.34. The lowest BCUT2D eigenvalue weighted by atomic mass is 9.78. The molecule has 2 aliphatic rings. The summed E-state index contributed by atoms with van der Waals surface area (Å²) >= 11 is 0. The van der Waals surface area contributed by atoms with Crippen molar-refractivity contribution in [2.45, 2.75) is 57.5 Å². The lowest BCUT2D eigenvalue weighted by Gasteiger charge is -2.46. The lowest BCUT2D eigenvalue weighted by molar-refractivity contribution is -0.147. The molecular weight excluding hydrogens is 368 g/mol. The molecule has 2 amide bonds. The molecular formula is C23H34N2O4. The summed E-state index contributed by atoms with van der Waals surface area (Å²) < 4.78 is 11.4. The molecule has 0 radical (unpaired) electrons. The summed E-state index contributed by atoms with van der Waals surface area (Å²) in [5.74, 6) is 1.69. The Balaban J connectivity index is 1.42. The van der Waals surface area contributed by atoms with Crippen LogP contribution in [0.15, 0.2) is 24.3 Å². The monoisotopic (exact) mass is 402 g/mol. The van der Waals surface area contributed by atoms with Gasteiger partial charge in [-0.3, -0.25) is 9.59 Å². The van der Waals surface area contributed by atoms with Crippen LogP contribution in [0.4, 0.5) is 0 Å². The van der Waals surface area contributed by atoms with Crippen molar-refractivity contribution in [1.29, 1.82) is 0 Å². The number of nitrogens with zero attached hydrogens (tertiary/aromatic N) is 1. The number of amides is 2. The van der Waals surface area contributed by atoms with Gasteiger partial charge in [-0.1, -0.05) is 12.1 Å². The van der Waals surface area contributed by atoms with Gasteiger partial charge in [0, 0.05) is 39.6 Å². The highest BCUT2D eigenvalue weighted by Crippen LogP contribution is 2.38. The first-order valence-corrected chi connectivity index (χ1v) is 10.8. The first-order chi connectivity index (χ1) is 14.0. The molecule has 0 aliphatic carbocycles. The van der Waals surface area contributed by atoms with Gasteiger partial charge in [0.1, 0.15) is 5.75 Å². The van der Waals surface area contributed by atoms with Crippen molar-refractivity contribution in [3.63, 3.8) is 0 Å². The van der Waals surface area contributed by atoms with Crippen LogP contribution in [0.25, 0.3) is 0 Å². The van der Waals surface area contributed by atoms with Gasteiger partial charge in [0.05, 0.1) is 12.7 Å². The predicted molar refractivity (Wildman–Crippen MR) is 112 cm³/mol. The van der Waals surface area contributed by atoms with Crippen molar-refractivity contribution >= 4 is 11.8 Å². The number of carbonyl (C=O) groups is 2. The highest BCUT2D eigenvalue weighted by atomic mass is 16.5. The predicted octanol–water partition coefficient (Wildman–Crippen LogP) is 2.94. The Hall–Kier alpha value is -2.08. The summed E-state index contributed by atoms with van der Waals surface area (Å²) in [5, 5.41) is 2.90. The Morgan fingerprint density at radius 2 is 1.97 bits per heavy atom. The molecule has 3 rings (SSSR count). The Bertz CT molecular complexity index is 681. The van der Waals surface area contributed by atoms with Crippen LogP contribution in [0.1, 0.15) is 51.0 Å². The minimum Gasteiger partial charge on any atom is -0.497 e. The van der Waals surface area contributed by atoms with Crippen molar-refractivity contribution in [3.05, 3.63) is 29.8 Å². The number of likely N-dealkylation sites (tertiary alicyclic amines) is 1. The minimum atomic E-state index is -0.0775. The fraction of sp³-hybridized carbons (Fsp3) is 0.652. The van der Waals surface area contributed by atoms with Crippen LogP contribution in [0, 0.1) is 5.92 Å². The number of ether oxygens (including phenoxy) is 2. The fourth-order valence-electron chi connectivity index (χ4n) is 4.54. The standard InChI is InChI=1S/C23H34N2O4/c1-18(26)24-13-9-20-10-16-29-23(17-20)11-14-25(15-12-23)22(27)8-5-19-3-6-21(28-2)7-4-19/h3-4,6-7,20H,5,8-17H2,1-2H3,(H,24,26). The zero-order valence-electron chi connectivity index (χ0n) is 17.7. The maximum atomic E-state index is 12.7. The number of rotatable bonds is 7. The average molecular weight is 403 g/mol. The van der Waals surface area contributed by atoms with Gasteiger partial charge in [0.25, 0.3) is 0 Å². The van der Waals surface area contributed by atoms with Gasteiger partial charge in [-0.05, 0) is 62.1 Å². The van der Waals surface area contributed by atoms with Crippen molar-refractivity contribution in [1.82, 2.24) is 10.2 Å². The molecule has 1 aromatic carbocycles. The summed E-state index contributed by atoms with van der Waals surface area (Å²) in [6.07, 6.45) is 6.24. The zero-order valence-corrected chi connectivity index (χ0v) is 17.7. The van der Waals surface area contributed by atoms with Crippen LogP contribution in [0.3, 0.4) is 0 Å². The van der Waals surface area contributed by atoms with Crippen LogP contribution >= 0.6 is 0 Å². The Morgan fingerprint density at radius 3 is 2.62 bits per heavy atom. The molecule has 0 saturated carbocycles. The number of carbonyl (C=O) groups excluding carboxylic acids is 2. The summed E-state index contributed by atoms with van der Waals surface area (Å²) in [4.78, 5) is 25.7. The van der Waals surface area contributed by atoms with Crippen molar-refractivity contribution < 1.29 is 19.1 Å². The smallest absolute Gasteiger partial charge is 0.222 e. The molecule has 0 aromatic heterocycles. The van der Waals surface area contributed by atoms with Gasteiger partial charge >= 0.3 is 0 Å². The number of methoxy groups -OCH3 is 1. The average Bonchev–Trinajstić information content (AvgIpc) is 2.73.